The second-order valence-corrected chi connectivity index (χ2v) is 5.80. The molecule has 2 rings (SSSR count). The number of nitrogen functional groups attached to an aromatic ring is 1. The molecule has 1 aromatic rings. The van der Waals surface area contributed by atoms with E-state index < -0.39 is 0 Å². The number of hydrogen-bond donors (Lipinski definition) is 1. The molecular weight excluding hydrogens is 250 g/mol. The maximum absolute atomic E-state index is 12.2. The number of aryl methyl sites for hydroxylation is 1. The SMILES string of the molecule is CN(CC1CCCN1C)C(=O)CCc1cccc(N)c1. The van der Waals surface area contributed by atoms with Crippen molar-refractivity contribution in [3.8, 4) is 0 Å². The lowest BCUT2D eigenvalue weighted by Gasteiger charge is -2.26. The van der Waals surface area contributed by atoms with Crippen molar-refractivity contribution in [2.24, 2.45) is 0 Å². The van der Waals surface area contributed by atoms with Crippen LogP contribution in [0.5, 0.6) is 0 Å². The highest BCUT2D eigenvalue weighted by atomic mass is 16.2. The summed E-state index contributed by atoms with van der Waals surface area (Å²) < 4.78 is 0. The predicted molar refractivity (Wildman–Crippen MR) is 82.5 cm³/mol. The Bertz CT molecular complexity index is 461. The standard InChI is InChI=1S/C16H25N3O/c1-18-10-4-7-15(18)12-19(2)16(20)9-8-13-5-3-6-14(17)11-13/h3,5-6,11,15H,4,7-10,12,17H2,1-2H3. The lowest BCUT2D eigenvalue weighted by Crippen LogP contribution is -2.39. The molecule has 1 amide bonds. The summed E-state index contributed by atoms with van der Waals surface area (Å²) in [6.07, 6.45) is 3.75. The first kappa shape index (κ1) is 14.9. The molecule has 0 radical (unpaired) electrons. The van der Waals surface area contributed by atoms with Crippen molar-refractivity contribution in [1.29, 1.82) is 0 Å². The molecule has 1 saturated heterocycles. The van der Waals surface area contributed by atoms with Gasteiger partial charge < -0.3 is 15.5 Å². The molecule has 20 heavy (non-hydrogen) atoms. The number of likely N-dealkylation sites (tertiary alicyclic amines) is 1. The number of anilines is 1. The third-order valence-electron chi connectivity index (χ3n) is 4.16. The minimum atomic E-state index is 0.215. The topological polar surface area (TPSA) is 49.6 Å². The van der Waals surface area contributed by atoms with E-state index in [1.165, 1.54) is 12.8 Å². The summed E-state index contributed by atoms with van der Waals surface area (Å²) in [6.45, 7) is 1.99. The van der Waals surface area contributed by atoms with E-state index in [2.05, 4.69) is 11.9 Å². The largest absolute Gasteiger partial charge is 0.399 e. The highest BCUT2D eigenvalue weighted by Crippen LogP contribution is 2.16. The fourth-order valence-corrected chi connectivity index (χ4v) is 2.82. The lowest BCUT2D eigenvalue weighted by molar-refractivity contribution is -0.130. The average Bonchev–Trinajstić information content (AvgIpc) is 2.81. The van der Waals surface area contributed by atoms with Gasteiger partial charge in [0.15, 0.2) is 0 Å². The van der Waals surface area contributed by atoms with Gasteiger partial charge in [-0.2, -0.15) is 0 Å². The smallest absolute Gasteiger partial charge is 0.222 e. The van der Waals surface area contributed by atoms with Crippen LogP contribution in [0.2, 0.25) is 0 Å². The summed E-state index contributed by atoms with van der Waals surface area (Å²) in [5, 5.41) is 0. The van der Waals surface area contributed by atoms with E-state index in [9.17, 15) is 4.79 Å². The summed E-state index contributed by atoms with van der Waals surface area (Å²) >= 11 is 0. The van der Waals surface area contributed by atoms with Gasteiger partial charge in [-0.1, -0.05) is 12.1 Å². The highest BCUT2D eigenvalue weighted by molar-refractivity contribution is 5.76. The van der Waals surface area contributed by atoms with Crippen molar-refractivity contribution < 1.29 is 4.79 Å². The molecule has 0 aromatic heterocycles. The number of hydrogen-bond acceptors (Lipinski definition) is 3. The van der Waals surface area contributed by atoms with Crippen LogP contribution in [0.1, 0.15) is 24.8 Å². The number of nitrogens with zero attached hydrogens (tertiary/aromatic N) is 2. The van der Waals surface area contributed by atoms with E-state index >= 15 is 0 Å². The monoisotopic (exact) mass is 275 g/mol. The first-order valence-electron chi connectivity index (χ1n) is 7.35. The van der Waals surface area contributed by atoms with Crippen LogP contribution < -0.4 is 5.73 Å². The Hall–Kier alpha value is -1.55. The van der Waals surface area contributed by atoms with Crippen molar-refractivity contribution in [3.63, 3.8) is 0 Å². The van der Waals surface area contributed by atoms with Crippen LogP contribution in [0, 0.1) is 0 Å². The number of carbonyl (C=O) groups is 1. The zero-order valence-electron chi connectivity index (χ0n) is 12.5. The van der Waals surface area contributed by atoms with Gasteiger partial charge in [0, 0.05) is 31.7 Å². The molecule has 0 saturated carbocycles. The van der Waals surface area contributed by atoms with Crippen LogP contribution >= 0.6 is 0 Å². The van der Waals surface area contributed by atoms with Crippen molar-refractivity contribution in [2.75, 3.05) is 32.9 Å². The fraction of sp³-hybridized carbons (Fsp3) is 0.562. The third-order valence-corrected chi connectivity index (χ3v) is 4.16. The summed E-state index contributed by atoms with van der Waals surface area (Å²) in [6, 6.07) is 8.29. The van der Waals surface area contributed by atoms with Crippen LogP contribution in [0.25, 0.3) is 0 Å². The molecule has 4 nitrogen and oxygen atoms in total. The Morgan fingerprint density at radius 3 is 2.95 bits per heavy atom. The van der Waals surface area contributed by atoms with Crippen LogP contribution in [0.4, 0.5) is 5.69 Å². The van der Waals surface area contributed by atoms with Gasteiger partial charge in [-0.15, -0.1) is 0 Å². The van der Waals surface area contributed by atoms with E-state index in [1.54, 1.807) is 0 Å². The second kappa shape index (κ2) is 6.75. The highest BCUT2D eigenvalue weighted by Gasteiger charge is 2.23. The Kier molecular flexibility index (Phi) is 5.01. The van der Waals surface area contributed by atoms with Crippen LogP contribution in [0.15, 0.2) is 24.3 Å². The molecule has 0 spiro atoms. The minimum Gasteiger partial charge on any atom is -0.399 e. The number of nitrogens with two attached hydrogens (primary N) is 1. The Morgan fingerprint density at radius 1 is 1.50 bits per heavy atom. The van der Waals surface area contributed by atoms with E-state index in [0.29, 0.717) is 12.5 Å². The summed E-state index contributed by atoms with van der Waals surface area (Å²) in [5.74, 6) is 0.215. The van der Waals surface area contributed by atoms with Gasteiger partial charge in [0.1, 0.15) is 0 Å². The summed E-state index contributed by atoms with van der Waals surface area (Å²) in [5.41, 5.74) is 7.64. The number of benzene rings is 1. The lowest BCUT2D eigenvalue weighted by atomic mass is 10.1. The van der Waals surface area contributed by atoms with E-state index in [1.807, 2.05) is 36.2 Å². The molecule has 1 unspecified atom stereocenters. The molecule has 4 heteroatoms. The second-order valence-electron chi connectivity index (χ2n) is 5.80. The molecule has 2 N–H and O–H groups in total. The average molecular weight is 275 g/mol. The van der Waals surface area contributed by atoms with Crippen LogP contribution in [0.3, 0.4) is 0 Å². The van der Waals surface area contributed by atoms with Gasteiger partial charge in [0.25, 0.3) is 0 Å². The molecule has 110 valence electrons. The normalized spacial score (nSPS) is 19.2. The molecule has 1 atom stereocenters. The van der Waals surface area contributed by atoms with Crippen molar-refractivity contribution in [1.82, 2.24) is 9.80 Å². The Labute approximate surface area is 121 Å². The molecule has 1 aliphatic rings. The maximum atomic E-state index is 12.2. The van der Waals surface area contributed by atoms with Gasteiger partial charge in [-0.05, 0) is 50.6 Å². The van der Waals surface area contributed by atoms with Gasteiger partial charge in [-0.25, -0.2) is 0 Å². The Morgan fingerprint density at radius 2 is 2.30 bits per heavy atom. The first-order chi connectivity index (χ1) is 9.56. The molecule has 1 aliphatic heterocycles. The van der Waals surface area contributed by atoms with Crippen molar-refractivity contribution >= 4 is 11.6 Å². The van der Waals surface area contributed by atoms with Gasteiger partial charge in [0.05, 0.1) is 0 Å². The third kappa shape index (κ3) is 3.97. The van der Waals surface area contributed by atoms with Gasteiger partial charge in [0.2, 0.25) is 5.91 Å². The zero-order valence-corrected chi connectivity index (χ0v) is 12.5. The molecule has 1 aromatic carbocycles. The Balaban J connectivity index is 1.79. The first-order valence-corrected chi connectivity index (χ1v) is 7.35. The quantitative estimate of drug-likeness (QED) is 0.833. The molecular formula is C16H25N3O. The minimum absolute atomic E-state index is 0.215. The number of rotatable bonds is 5. The van der Waals surface area contributed by atoms with Gasteiger partial charge in [-0.3, -0.25) is 4.79 Å². The van der Waals surface area contributed by atoms with Crippen molar-refractivity contribution in [3.05, 3.63) is 29.8 Å². The number of carbonyl (C=O) groups excluding carboxylic acids is 1. The fourth-order valence-electron chi connectivity index (χ4n) is 2.82. The number of likely N-dealkylation sites (N-methyl/N-ethyl adjacent to an activating group) is 2. The maximum Gasteiger partial charge on any atom is 0.222 e. The van der Waals surface area contributed by atoms with E-state index in [4.69, 9.17) is 5.73 Å². The van der Waals surface area contributed by atoms with E-state index in [0.717, 1.165) is 30.8 Å². The molecule has 0 bridgehead atoms. The predicted octanol–water partition coefficient (Wildman–Crippen LogP) is 1.75. The molecule has 1 heterocycles. The van der Waals surface area contributed by atoms with Crippen molar-refractivity contribution in [2.45, 2.75) is 31.7 Å². The number of amides is 1. The van der Waals surface area contributed by atoms with E-state index in [-0.39, 0.29) is 5.91 Å². The molecule has 0 aliphatic carbocycles. The zero-order chi connectivity index (χ0) is 14.5. The summed E-state index contributed by atoms with van der Waals surface area (Å²) in [7, 11) is 4.05. The van der Waals surface area contributed by atoms with Crippen LogP contribution in [-0.4, -0.2) is 48.9 Å². The van der Waals surface area contributed by atoms with Crippen LogP contribution in [-0.2, 0) is 11.2 Å². The summed E-state index contributed by atoms with van der Waals surface area (Å²) in [4.78, 5) is 16.4. The van der Waals surface area contributed by atoms with Gasteiger partial charge >= 0.3 is 0 Å². The molecule has 1 fully saturated rings.